The number of rotatable bonds is 11. The Morgan fingerprint density at radius 1 is 0.857 bits per heavy atom. The first kappa shape index (κ1) is 19.3. The van der Waals surface area contributed by atoms with Crippen molar-refractivity contribution in [3.8, 4) is 0 Å². The van der Waals surface area contributed by atoms with Crippen molar-refractivity contribution in [1.82, 2.24) is 0 Å². The summed E-state index contributed by atoms with van der Waals surface area (Å²) < 4.78 is 20.8. The molecule has 0 saturated carbocycles. The van der Waals surface area contributed by atoms with Gasteiger partial charge in [0.1, 0.15) is 12.2 Å². The van der Waals surface area contributed by atoms with Crippen LogP contribution in [-0.4, -0.2) is 50.1 Å². The minimum absolute atomic E-state index is 0.169. The third kappa shape index (κ3) is 10.8. The Balaban J connectivity index is 3.73. The number of hydrogen-bond donors (Lipinski definition) is 0. The standard InChI is InChI=1S/C15H24O6/c1-6-14(16)20-12(4)9-18-8-11(3)19-10-13(5)21-15(17)7-2/h6-7,11-13H,1-2,8-10H2,3-5H3. The van der Waals surface area contributed by atoms with Gasteiger partial charge in [0.25, 0.3) is 0 Å². The monoisotopic (exact) mass is 300 g/mol. The fourth-order valence-corrected chi connectivity index (χ4v) is 1.31. The zero-order valence-electron chi connectivity index (χ0n) is 12.9. The maximum Gasteiger partial charge on any atom is 0.330 e. The van der Waals surface area contributed by atoms with Crippen LogP contribution in [0.25, 0.3) is 0 Å². The van der Waals surface area contributed by atoms with E-state index in [4.69, 9.17) is 18.9 Å². The number of esters is 2. The second kappa shape index (κ2) is 11.0. The van der Waals surface area contributed by atoms with Crippen LogP contribution in [0, 0.1) is 0 Å². The van der Waals surface area contributed by atoms with Crippen LogP contribution in [0.4, 0.5) is 0 Å². The van der Waals surface area contributed by atoms with E-state index in [1.807, 2.05) is 6.92 Å². The zero-order chi connectivity index (χ0) is 16.3. The van der Waals surface area contributed by atoms with Crippen molar-refractivity contribution < 1.29 is 28.5 Å². The molecule has 0 aliphatic heterocycles. The number of hydrogen-bond acceptors (Lipinski definition) is 6. The van der Waals surface area contributed by atoms with Gasteiger partial charge in [-0.15, -0.1) is 0 Å². The van der Waals surface area contributed by atoms with Gasteiger partial charge in [0, 0.05) is 12.2 Å². The summed E-state index contributed by atoms with van der Waals surface area (Å²) in [5.41, 5.74) is 0. The Morgan fingerprint density at radius 2 is 1.29 bits per heavy atom. The predicted molar refractivity (Wildman–Crippen MR) is 77.7 cm³/mol. The number of carbonyl (C=O) groups excluding carboxylic acids is 2. The molecular weight excluding hydrogens is 276 g/mol. The highest BCUT2D eigenvalue weighted by molar-refractivity contribution is 5.81. The molecular formula is C15H24O6. The van der Waals surface area contributed by atoms with Crippen LogP contribution in [0.2, 0.25) is 0 Å². The predicted octanol–water partition coefficient (Wildman–Crippen LogP) is 1.64. The molecule has 3 atom stereocenters. The molecule has 0 heterocycles. The smallest absolute Gasteiger partial charge is 0.330 e. The molecule has 3 unspecified atom stereocenters. The minimum Gasteiger partial charge on any atom is -0.457 e. The highest BCUT2D eigenvalue weighted by atomic mass is 16.6. The normalized spacial score (nSPS) is 14.6. The number of ether oxygens (including phenoxy) is 4. The first-order chi connectivity index (χ1) is 9.88. The Bertz CT molecular complexity index is 352. The molecule has 0 aromatic heterocycles. The van der Waals surface area contributed by atoms with E-state index >= 15 is 0 Å². The average Bonchev–Trinajstić information content (AvgIpc) is 2.44. The van der Waals surface area contributed by atoms with Gasteiger partial charge < -0.3 is 18.9 Å². The van der Waals surface area contributed by atoms with Crippen LogP contribution in [0.1, 0.15) is 20.8 Å². The van der Waals surface area contributed by atoms with Gasteiger partial charge in [-0.05, 0) is 20.8 Å². The van der Waals surface area contributed by atoms with Crippen molar-refractivity contribution in [2.45, 2.75) is 39.1 Å². The molecule has 6 heteroatoms. The topological polar surface area (TPSA) is 71.1 Å². The molecule has 0 saturated heterocycles. The van der Waals surface area contributed by atoms with Crippen molar-refractivity contribution in [1.29, 1.82) is 0 Å². The van der Waals surface area contributed by atoms with E-state index in [-0.39, 0.29) is 31.5 Å². The lowest BCUT2D eigenvalue weighted by Crippen LogP contribution is -2.26. The van der Waals surface area contributed by atoms with E-state index in [1.165, 1.54) is 0 Å². The minimum atomic E-state index is -0.479. The summed E-state index contributed by atoms with van der Waals surface area (Å²) >= 11 is 0. The Morgan fingerprint density at radius 3 is 1.76 bits per heavy atom. The van der Waals surface area contributed by atoms with Gasteiger partial charge in [-0.2, -0.15) is 0 Å². The first-order valence-corrected chi connectivity index (χ1v) is 6.74. The summed E-state index contributed by atoms with van der Waals surface area (Å²) in [6, 6.07) is 0. The molecule has 6 nitrogen and oxygen atoms in total. The molecule has 0 aromatic rings. The molecule has 0 amide bonds. The van der Waals surface area contributed by atoms with Crippen molar-refractivity contribution in [2.24, 2.45) is 0 Å². The van der Waals surface area contributed by atoms with Gasteiger partial charge in [0.05, 0.1) is 25.9 Å². The molecule has 0 spiro atoms. The third-order valence-electron chi connectivity index (χ3n) is 2.29. The summed E-state index contributed by atoms with van der Waals surface area (Å²) in [5, 5.41) is 0. The van der Waals surface area contributed by atoms with E-state index < -0.39 is 11.9 Å². The fourth-order valence-electron chi connectivity index (χ4n) is 1.31. The lowest BCUT2D eigenvalue weighted by atomic mass is 10.4. The van der Waals surface area contributed by atoms with Crippen molar-refractivity contribution >= 4 is 11.9 Å². The molecule has 120 valence electrons. The van der Waals surface area contributed by atoms with Crippen LogP contribution < -0.4 is 0 Å². The lowest BCUT2D eigenvalue weighted by molar-refractivity contribution is -0.149. The van der Waals surface area contributed by atoms with Crippen molar-refractivity contribution in [3.05, 3.63) is 25.3 Å². The maximum absolute atomic E-state index is 11.0. The zero-order valence-corrected chi connectivity index (χ0v) is 12.9. The fraction of sp³-hybridized carbons (Fsp3) is 0.600. The van der Waals surface area contributed by atoms with E-state index in [0.717, 1.165) is 12.2 Å². The second-order valence-corrected chi connectivity index (χ2v) is 4.58. The SMILES string of the molecule is C=CC(=O)OC(C)COCC(C)OCC(C)OC(=O)C=C. The molecule has 0 N–H and O–H groups in total. The molecule has 0 rings (SSSR count). The average molecular weight is 300 g/mol. The third-order valence-corrected chi connectivity index (χ3v) is 2.29. The Kier molecular flexibility index (Phi) is 10.2. The summed E-state index contributed by atoms with van der Waals surface area (Å²) in [6.07, 6.45) is 1.33. The van der Waals surface area contributed by atoms with Crippen LogP contribution in [0.3, 0.4) is 0 Å². The van der Waals surface area contributed by atoms with Crippen molar-refractivity contribution in [2.75, 3.05) is 19.8 Å². The van der Waals surface area contributed by atoms with Crippen LogP contribution >= 0.6 is 0 Å². The highest BCUT2D eigenvalue weighted by Gasteiger charge is 2.11. The maximum atomic E-state index is 11.0. The summed E-state index contributed by atoms with van der Waals surface area (Å²) in [6.45, 7) is 12.8. The molecule has 0 aromatic carbocycles. The second-order valence-electron chi connectivity index (χ2n) is 4.58. The molecule has 0 aliphatic carbocycles. The van der Waals surface area contributed by atoms with Gasteiger partial charge >= 0.3 is 11.9 Å². The molecule has 21 heavy (non-hydrogen) atoms. The van der Waals surface area contributed by atoms with E-state index in [2.05, 4.69) is 13.2 Å². The van der Waals surface area contributed by atoms with Gasteiger partial charge in [0.15, 0.2) is 0 Å². The summed E-state index contributed by atoms with van der Waals surface area (Å²) in [7, 11) is 0. The molecule has 0 aliphatic rings. The van der Waals surface area contributed by atoms with Crippen LogP contribution in [0.15, 0.2) is 25.3 Å². The van der Waals surface area contributed by atoms with Crippen LogP contribution in [-0.2, 0) is 28.5 Å². The Labute approximate surface area is 125 Å². The lowest BCUT2D eigenvalue weighted by Gasteiger charge is -2.18. The first-order valence-electron chi connectivity index (χ1n) is 6.74. The molecule has 0 radical (unpaired) electrons. The number of carbonyl (C=O) groups is 2. The van der Waals surface area contributed by atoms with Gasteiger partial charge in [-0.3, -0.25) is 0 Å². The van der Waals surface area contributed by atoms with Crippen LogP contribution in [0.5, 0.6) is 0 Å². The van der Waals surface area contributed by atoms with Gasteiger partial charge in [-0.1, -0.05) is 13.2 Å². The summed E-state index contributed by atoms with van der Waals surface area (Å²) in [4.78, 5) is 21.9. The molecule has 0 bridgehead atoms. The highest BCUT2D eigenvalue weighted by Crippen LogP contribution is 2.00. The van der Waals surface area contributed by atoms with E-state index in [9.17, 15) is 9.59 Å². The quantitative estimate of drug-likeness (QED) is 0.427. The van der Waals surface area contributed by atoms with E-state index in [0.29, 0.717) is 6.61 Å². The summed E-state index contributed by atoms with van der Waals surface area (Å²) in [5.74, 6) is -0.957. The van der Waals surface area contributed by atoms with Crippen molar-refractivity contribution in [3.63, 3.8) is 0 Å². The van der Waals surface area contributed by atoms with Gasteiger partial charge in [0.2, 0.25) is 0 Å². The van der Waals surface area contributed by atoms with Gasteiger partial charge in [-0.25, -0.2) is 9.59 Å². The van der Waals surface area contributed by atoms with E-state index in [1.54, 1.807) is 13.8 Å². The molecule has 0 fully saturated rings. The Hall–Kier alpha value is -1.66. The largest absolute Gasteiger partial charge is 0.457 e.